The minimum atomic E-state index is -4.00. The molecule has 0 aliphatic heterocycles. The van der Waals surface area contributed by atoms with Crippen molar-refractivity contribution >= 4 is 45.1 Å². The molecule has 0 radical (unpaired) electrons. The van der Waals surface area contributed by atoms with E-state index in [0.29, 0.717) is 16.1 Å². The van der Waals surface area contributed by atoms with Crippen LogP contribution < -0.4 is 4.83 Å². The van der Waals surface area contributed by atoms with E-state index >= 15 is 0 Å². The lowest BCUT2D eigenvalue weighted by Gasteiger charge is -2.06. The fraction of sp³-hybridized carbons (Fsp3) is 0.0417. The third-order valence-electron chi connectivity index (χ3n) is 5.04. The number of hydrogen-bond acceptors (Lipinski definition) is 6. The minimum absolute atomic E-state index is 0.0114. The molecule has 0 spiro atoms. The fourth-order valence-electron chi connectivity index (χ4n) is 3.38. The number of nitrogens with one attached hydrogen (secondary N) is 1. The van der Waals surface area contributed by atoms with E-state index in [1.54, 1.807) is 60.7 Å². The van der Waals surface area contributed by atoms with Crippen molar-refractivity contribution in [2.75, 3.05) is 0 Å². The van der Waals surface area contributed by atoms with Crippen molar-refractivity contribution in [1.82, 2.24) is 4.83 Å². The molecule has 1 heterocycles. The van der Waals surface area contributed by atoms with Gasteiger partial charge in [-0.1, -0.05) is 71.2 Å². The molecule has 4 rings (SSSR count). The molecule has 0 saturated carbocycles. The van der Waals surface area contributed by atoms with Gasteiger partial charge >= 0.3 is 5.69 Å². The van der Waals surface area contributed by atoms with Crippen LogP contribution in [0.4, 0.5) is 5.69 Å². The number of rotatable bonds is 7. The molecule has 35 heavy (non-hydrogen) atoms. The van der Waals surface area contributed by atoms with Gasteiger partial charge in [-0.3, -0.25) is 10.1 Å². The van der Waals surface area contributed by atoms with Crippen LogP contribution in [0.3, 0.4) is 0 Å². The summed E-state index contributed by atoms with van der Waals surface area (Å²) < 4.78 is 30.9. The predicted octanol–water partition coefficient (Wildman–Crippen LogP) is 6.45. The molecule has 178 valence electrons. The molecule has 1 aromatic heterocycles. The highest BCUT2D eigenvalue weighted by atomic mass is 35.5. The van der Waals surface area contributed by atoms with Crippen molar-refractivity contribution in [3.8, 4) is 22.5 Å². The molecule has 0 aliphatic carbocycles. The summed E-state index contributed by atoms with van der Waals surface area (Å²) in [5.74, 6) is -0.190. The van der Waals surface area contributed by atoms with Crippen LogP contribution in [0.25, 0.3) is 22.5 Å². The van der Waals surface area contributed by atoms with Crippen LogP contribution in [0.2, 0.25) is 10.0 Å². The van der Waals surface area contributed by atoms with Crippen molar-refractivity contribution in [3.63, 3.8) is 0 Å². The lowest BCUT2D eigenvalue weighted by atomic mass is 10.00. The zero-order valence-electron chi connectivity index (χ0n) is 18.1. The Morgan fingerprint density at radius 2 is 1.51 bits per heavy atom. The summed E-state index contributed by atoms with van der Waals surface area (Å²) in [5, 5.41) is 16.4. The van der Waals surface area contributed by atoms with Crippen molar-refractivity contribution in [2.45, 2.75) is 11.8 Å². The van der Waals surface area contributed by atoms with E-state index in [2.05, 4.69) is 5.10 Å². The lowest BCUT2D eigenvalue weighted by Crippen LogP contribution is -2.18. The molecule has 11 heteroatoms. The van der Waals surface area contributed by atoms with Crippen molar-refractivity contribution in [1.29, 1.82) is 0 Å². The summed E-state index contributed by atoms with van der Waals surface area (Å²) >= 11 is 12.7. The van der Waals surface area contributed by atoms with Crippen LogP contribution in [0, 0.1) is 17.0 Å². The number of hydrazone groups is 1. The van der Waals surface area contributed by atoms with Gasteiger partial charge in [-0.15, -0.1) is 0 Å². The Morgan fingerprint density at radius 1 is 0.943 bits per heavy atom. The zero-order valence-corrected chi connectivity index (χ0v) is 20.4. The fourth-order valence-corrected chi connectivity index (χ4v) is 4.63. The second-order valence-electron chi connectivity index (χ2n) is 7.40. The van der Waals surface area contributed by atoms with Gasteiger partial charge in [0.25, 0.3) is 10.0 Å². The van der Waals surface area contributed by atoms with E-state index in [1.807, 2.05) is 11.8 Å². The highest BCUT2D eigenvalue weighted by Crippen LogP contribution is 2.47. The average Bonchev–Trinajstić information content (AvgIpc) is 3.19. The number of sulfonamides is 1. The van der Waals surface area contributed by atoms with Crippen LogP contribution in [-0.4, -0.2) is 19.6 Å². The van der Waals surface area contributed by atoms with E-state index in [9.17, 15) is 18.5 Å². The molecular formula is C24H17Cl2N3O5S. The topological polar surface area (TPSA) is 115 Å². The molecular weight excluding hydrogens is 513 g/mol. The summed E-state index contributed by atoms with van der Waals surface area (Å²) in [6, 6.07) is 19.4. The van der Waals surface area contributed by atoms with Crippen LogP contribution in [0.1, 0.15) is 11.3 Å². The van der Waals surface area contributed by atoms with Gasteiger partial charge in [0.2, 0.25) is 5.76 Å². The van der Waals surface area contributed by atoms with Crippen LogP contribution in [-0.2, 0) is 10.0 Å². The first-order chi connectivity index (χ1) is 16.7. The molecule has 0 amide bonds. The first-order valence-corrected chi connectivity index (χ1v) is 12.4. The Balaban J connectivity index is 1.84. The molecule has 1 N–H and O–H groups in total. The van der Waals surface area contributed by atoms with Crippen molar-refractivity contribution in [2.24, 2.45) is 5.10 Å². The summed E-state index contributed by atoms with van der Waals surface area (Å²) in [4.78, 5) is 13.5. The molecule has 4 aromatic rings. The molecule has 0 atom stereocenters. The Bertz CT molecular complexity index is 1550. The average molecular weight is 530 g/mol. The number of aryl methyl sites for hydroxylation is 1. The maximum Gasteiger partial charge on any atom is 0.324 e. The standard InChI is InChI=1S/C24H17Cl2N3O5S/c1-15-10-12-16(13-11-15)35(32,33)28-27-14-21-23(29(30)31)22(17-6-2-4-8-19(17)25)24(34-21)18-7-3-5-9-20(18)26/h2-14,28H,1H3/b27-14-. The quantitative estimate of drug-likeness (QED) is 0.168. The maximum atomic E-state index is 12.5. The molecule has 0 unspecified atom stereocenters. The first kappa shape index (κ1) is 24.5. The maximum absolute atomic E-state index is 12.5. The Morgan fingerprint density at radius 3 is 2.09 bits per heavy atom. The number of nitro groups is 1. The number of nitrogens with zero attached hydrogens (tertiary/aromatic N) is 2. The Hall–Kier alpha value is -3.66. The molecule has 3 aromatic carbocycles. The zero-order chi connectivity index (χ0) is 25.2. The smallest absolute Gasteiger partial charge is 0.324 e. The highest BCUT2D eigenvalue weighted by molar-refractivity contribution is 7.89. The summed E-state index contributed by atoms with van der Waals surface area (Å²) in [6.45, 7) is 1.82. The van der Waals surface area contributed by atoms with Gasteiger partial charge in [-0.05, 0) is 37.3 Å². The van der Waals surface area contributed by atoms with E-state index in [4.69, 9.17) is 27.6 Å². The van der Waals surface area contributed by atoms with Gasteiger partial charge in [0.1, 0.15) is 5.56 Å². The van der Waals surface area contributed by atoms with Crippen molar-refractivity contribution < 1.29 is 17.8 Å². The first-order valence-electron chi connectivity index (χ1n) is 10.1. The van der Waals surface area contributed by atoms with Crippen LogP contribution >= 0.6 is 23.2 Å². The van der Waals surface area contributed by atoms with Gasteiger partial charge in [0.05, 0.1) is 21.1 Å². The molecule has 0 saturated heterocycles. The minimum Gasteiger partial charge on any atom is -0.447 e. The third kappa shape index (κ3) is 5.07. The third-order valence-corrected chi connectivity index (χ3v) is 6.94. The Kier molecular flexibility index (Phi) is 6.93. The summed E-state index contributed by atoms with van der Waals surface area (Å²) in [7, 11) is -4.00. The van der Waals surface area contributed by atoms with E-state index in [0.717, 1.165) is 11.8 Å². The second-order valence-corrected chi connectivity index (χ2v) is 9.88. The van der Waals surface area contributed by atoms with E-state index in [1.165, 1.54) is 12.1 Å². The van der Waals surface area contributed by atoms with Crippen LogP contribution in [0.15, 0.2) is 87.2 Å². The Labute approximate surface area is 211 Å². The van der Waals surface area contributed by atoms with E-state index in [-0.39, 0.29) is 27.0 Å². The largest absolute Gasteiger partial charge is 0.447 e. The van der Waals surface area contributed by atoms with Crippen LogP contribution in [0.5, 0.6) is 0 Å². The molecule has 0 fully saturated rings. The lowest BCUT2D eigenvalue weighted by molar-refractivity contribution is -0.384. The molecule has 8 nitrogen and oxygen atoms in total. The molecule has 0 bridgehead atoms. The summed E-state index contributed by atoms with van der Waals surface area (Å²) in [6.07, 6.45) is 0.935. The molecule has 0 aliphatic rings. The normalized spacial score (nSPS) is 11.6. The highest BCUT2D eigenvalue weighted by Gasteiger charge is 2.32. The van der Waals surface area contributed by atoms with Gasteiger partial charge in [0, 0.05) is 16.1 Å². The number of hydrogen-bond donors (Lipinski definition) is 1. The van der Waals surface area contributed by atoms with Gasteiger partial charge in [-0.2, -0.15) is 18.4 Å². The van der Waals surface area contributed by atoms with Gasteiger partial charge < -0.3 is 4.42 Å². The number of furan rings is 1. The van der Waals surface area contributed by atoms with E-state index < -0.39 is 20.6 Å². The summed E-state index contributed by atoms with van der Waals surface area (Å²) in [5.41, 5.74) is 1.28. The second kappa shape index (κ2) is 9.91. The SMILES string of the molecule is Cc1ccc(S(=O)(=O)N/N=C\c2oc(-c3ccccc3Cl)c(-c3ccccc3Cl)c2[N+](=O)[O-])cc1. The van der Waals surface area contributed by atoms with Gasteiger partial charge in [0.15, 0.2) is 5.76 Å². The predicted molar refractivity (Wildman–Crippen MR) is 135 cm³/mol. The number of benzene rings is 3. The van der Waals surface area contributed by atoms with Crippen molar-refractivity contribution in [3.05, 3.63) is 104 Å². The monoisotopic (exact) mass is 529 g/mol. The van der Waals surface area contributed by atoms with Gasteiger partial charge in [-0.25, -0.2) is 0 Å². The number of halogens is 2.